The maximum Gasteiger partial charge on any atom is 0.193 e. The van der Waals surface area contributed by atoms with Crippen LogP contribution in [0, 0.1) is 18.6 Å². The van der Waals surface area contributed by atoms with Crippen LogP contribution in [0.25, 0.3) is 10.8 Å². The molecule has 0 radical (unpaired) electrons. The molecule has 4 aromatic rings. The molecular weight excluding hydrogens is 370 g/mol. The zero-order valence-electron chi connectivity index (χ0n) is 15.6. The van der Waals surface area contributed by atoms with Gasteiger partial charge < -0.3 is 0 Å². The van der Waals surface area contributed by atoms with Crippen molar-refractivity contribution in [2.24, 2.45) is 0 Å². The van der Waals surface area contributed by atoms with Gasteiger partial charge in [-0.15, -0.1) is 0 Å². The van der Waals surface area contributed by atoms with Gasteiger partial charge in [0.05, 0.1) is 0 Å². The van der Waals surface area contributed by atoms with Crippen molar-refractivity contribution in [1.82, 2.24) is 0 Å². The standard InChI is InChI=1S/C25H16F2O2/c1-15-13-22-20(23(14-15)25(29)17-7-11-19(27)12-8-17)3-2-4-21(22)24(28)16-5-9-18(26)10-6-16/h2-14H,1H3. The van der Waals surface area contributed by atoms with Crippen molar-refractivity contribution in [3.63, 3.8) is 0 Å². The molecule has 0 aliphatic carbocycles. The molecule has 0 N–H and O–H groups in total. The van der Waals surface area contributed by atoms with Crippen LogP contribution in [0.3, 0.4) is 0 Å². The fourth-order valence-corrected chi connectivity index (χ4v) is 3.43. The molecule has 0 bridgehead atoms. The van der Waals surface area contributed by atoms with Crippen LogP contribution >= 0.6 is 0 Å². The van der Waals surface area contributed by atoms with Crippen LogP contribution in [0.1, 0.15) is 37.4 Å². The lowest BCUT2D eigenvalue weighted by atomic mass is 9.90. The first-order chi connectivity index (χ1) is 13.9. The van der Waals surface area contributed by atoms with E-state index in [1.807, 2.05) is 13.0 Å². The molecule has 0 amide bonds. The molecule has 0 saturated heterocycles. The van der Waals surface area contributed by atoms with E-state index in [1.165, 1.54) is 48.5 Å². The Kier molecular flexibility index (Phi) is 4.77. The third-order valence-electron chi connectivity index (χ3n) is 4.84. The number of benzene rings is 4. The highest BCUT2D eigenvalue weighted by Crippen LogP contribution is 2.28. The van der Waals surface area contributed by atoms with Crippen LogP contribution in [0.2, 0.25) is 0 Å². The fraction of sp³-hybridized carbons (Fsp3) is 0.0400. The lowest BCUT2D eigenvalue weighted by Crippen LogP contribution is -2.06. The minimum atomic E-state index is -0.414. The molecule has 4 heteroatoms. The third kappa shape index (κ3) is 3.57. The van der Waals surface area contributed by atoms with Crippen molar-refractivity contribution in [2.75, 3.05) is 0 Å². The Labute approximate surface area is 166 Å². The van der Waals surface area contributed by atoms with E-state index in [-0.39, 0.29) is 11.6 Å². The first kappa shape index (κ1) is 18.7. The van der Waals surface area contributed by atoms with E-state index in [0.717, 1.165) is 5.56 Å². The number of rotatable bonds is 4. The van der Waals surface area contributed by atoms with Crippen LogP contribution in [-0.2, 0) is 0 Å². The summed E-state index contributed by atoms with van der Waals surface area (Å²) in [5.41, 5.74) is 2.44. The minimum Gasteiger partial charge on any atom is -0.289 e. The zero-order valence-corrected chi connectivity index (χ0v) is 15.6. The number of ketones is 2. The topological polar surface area (TPSA) is 34.1 Å². The molecule has 142 valence electrons. The van der Waals surface area contributed by atoms with Gasteiger partial charge in [0, 0.05) is 22.3 Å². The number of fused-ring (bicyclic) bond motifs is 1. The van der Waals surface area contributed by atoms with Crippen molar-refractivity contribution in [2.45, 2.75) is 6.92 Å². The molecule has 2 nitrogen and oxygen atoms in total. The molecule has 0 aromatic heterocycles. The van der Waals surface area contributed by atoms with E-state index < -0.39 is 11.6 Å². The molecule has 4 aromatic carbocycles. The fourth-order valence-electron chi connectivity index (χ4n) is 3.43. The van der Waals surface area contributed by atoms with Gasteiger partial charge in [-0.05, 0) is 77.9 Å². The molecule has 0 saturated carbocycles. The number of hydrogen-bond donors (Lipinski definition) is 0. The number of aryl methyl sites for hydroxylation is 1. The van der Waals surface area contributed by atoms with Crippen molar-refractivity contribution < 1.29 is 18.4 Å². The predicted molar refractivity (Wildman–Crippen MR) is 108 cm³/mol. The van der Waals surface area contributed by atoms with Crippen molar-refractivity contribution in [1.29, 1.82) is 0 Å². The van der Waals surface area contributed by atoms with Crippen LogP contribution in [0.15, 0.2) is 78.9 Å². The Morgan fingerprint density at radius 2 is 1.14 bits per heavy atom. The molecule has 29 heavy (non-hydrogen) atoms. The van der Waals surface area contributed by atoms with E-state index >= 15 is 0 Å². The van der Waals surface area contributed by atoms with Gasteiger partial charge >= 0.3 is 0 Å². The van der Waals surface area contributed by atoms with Gasteiger partial charge in [0.1, 0.15) is 11.6 Å². The molecule has 0 atom stereocenters. The van der Waals surface area contributed by atoms with Gasteiger partial charge in [-0.25, -0.2) is 8.78 Å². The predicted octanol–water partition coefficient (Wildman–Crippen LogP) is 5.89. The molecule has 0 spiro atoms. The Morgan fingerprint density at radius 1 is 0.621 bits per heavy atom. The maximum atomic E-state index is 13.2. The van der Waals surface area contributed by atoms with Crippen LogP contribution in [0.5, 0.6) is 0 Å². The first-order valence-corrected chi connectivity index (χ1v) is 9.08. The molecule has 0 unspecified atom stereocenters. The van der Waals surface area contributed by atoms with Crippen LogP contribution < -0.4 is 0 Å². The normalized spacial score (nSPS) is 10.9. The number of carbonyl (C=O) groups is 2. The molecule has 0 aliphatic rings. The van der Waals surface area contributed by atoms with Gasteiger partial charge in [0.2, 0.25) is 0 Å². The van der Waals surface area contributed by atoms with Crippen molar-refractivity contribution in [3.05, 3.63) is 118 Å². The van der Waals surface area contributed by atoms with Gasteiger partial charge in [-0.1, -0.05) is 24.3 Å². The van der Waals surface area contributed by atoms with E-state index in [1.54, 1.807) is 24.3 Å². The highest BCUT2D eigenvalue weighted by molar-refractivity contribution is 6.21. The van der Waals surface area contributed by atoms with Crippen molar-refractivity contribution >= 4 is 22.3 Å². The quantitative estimate of drug-likeness (QED) is 0.410. The lowest BCUT2D eigenvalue weighted by Gasteiger charge is -2.12. The van der Waals surface area contributed by atoms with E-state index in [2.05, 4.69) is 0 Å². The molecule has 0 fully saturated rings. The summed E-state index contributed by atoms with van der Waals surface area (Å²) in [6.07, 6.45) is 0. The van der Waals surface area contributed by atoms with E-state index in [4.69, 9.17) is 0 Å². The average Bonchev–Trinajstić information content (AvgIpc) is 2.73. The summed E-state index contributed by atoms with van der Waals surface area (Å²) in [6, 6.07) is 19.6. The van der Waals surface area contributed by atoms with Gasteiger partial charge in [0.15, 0.2) is 11.6 Å². The van der Waals surface area contributed by atoms with Crippen LogP contribution in [-0.4, -0.2) is 11.6 Å². The van der Waals surface area contributed by atoms with Gasteiger partial charge in [-0.3, -0.25) is 9.59 Å². The minimum absolute atomic E-state index is 0.245. The van der Waals surface area contributed by atoms with Gasteiger partial charge in [0.25, 0.3) is 0 Å². The number of halogens is 2. The summed E-state index contributed by atoms with van der Waals surface area (Å²) in [6.45, 7) is 1.85. The third-order valence-corrected chi connectivity index (χ3v) is 4.84. The second kappa shape index (κ2) is 7.40. The summed E-state index contributed by atoms with van der Waals surface area (Å²) in [5.74, 6) is -1.32. The SMILES string of the molecule is Cc1cc(C(=O)c2ccc(F)cc2)c2cccc(C(=O)c3ccc(F)cc3)c2c1. The molecule has 0 heterocycles. The number of hydrogen-bond acceptors (Lipinski definition) is 2. The lowest BCUT2D eigenvalue weighted by molar-refractivity contribution is 0.103. The monoisotopic (exact) mass is 386 g/mol. The smallest absolute Gasteiger partial charge is 0.193 e. The average molecular weight is 386 g/mol. The highest BCUT2D eigenvalue weighted by atomic mass is 19.1. The summed E-state index contributed by atoms with van der Waals surface area (Å²) in [7, 11) is 0. The summed E-state index contributed by atoms with van der Waals surface area (Å²) >= 11 is 0. The number of carbonyl (C=O) groups excluding carboxylic acids is 2. The largest absolute Gasteiger partial charge is 0.289 e. The summed E-state index contributed by atoms with van der Waals surface area (Å²) in [5, 5.41) is 1.28. The van der Waals surface area contributed by atoms with E-state index in [9.17, 15) is 18.4 Å². The molecule has 4 rings (SSSR count). The van der Waals surface area contributed by atoms with E-state index in [0.29, 0.717) is 33.0 Å². The second-order valence-electron chi connectivity index (χ2n) is 6.89. The Balaban J connectivity index is 1.87. The van der Waals surface area contributed by atoms with Crippen molar-refractivity contribution in [3.8, 4) is 0 Å². The second-order valence-corrected chi connectivity index (χ2v) is 6.89. The first-order valence-electron chi connectivity index (χ1n) is 9.08. The zero-order chi connectivity index (χ0) is 20.5. The highest BCUT2D eigenvalue weighted by Gasteiger charge is 2.18. The molecule has 0 aliphatic heterocycles. The Morgan fingerprint density at radius 3 is 1.69 bits per heavy atom. The summed E-state index contributed by atoms with van der Waals surface area (Å²) in [4.78, 5) is 26.1. The Hall–Kier alpha value is -3.66. The van der Waals surface area contributed by atoms with Gasteiger partial charge in [-0.2, -0.15) is 0 Å². The van der Waals surface area contributed by atoms with Crippen LogP contribution in [0.4, 0.5) is 8.78 Å². The Bertz CT molecular complexity index is 1240. The molecular formula is C25H16F2O2. The maximum absolute atomic E-state index is 13.2. The summed E-state index contributed by atoms with van der Waals surface area (Å²) < 4.78 is 26.4.